The highest BCUT2D eigenvalue weighted by molar-refractivity contribution is 6.30. The molecule has 6 heteroatoms. The summed E-state index contributed by atoms with van der Waals surface area (Å²) in [6.07, 6.45) is 0. The standard InChI is InChI=1S/C17H27ClN4O/c1-6-20-15(23)17(2,3)12-21-16(19-4)22(5)11-13-8-7-9-14(18)10-13/h7-10H,6,11-12H2,1-5H3,(H,19,21)(H,20,23). The molecule has 23 heavy (non-hydrogen) atoms. The maximum atomic E-state index is 12.0. The van der Waals surface area contributed by atoms with E-state index in [9.17, 15) is 4.79 Å². The van der Waals surface area contributed by atoms with Gasteiger partial charge in [0.1, 0.15) is 0 Å². The van der Waals surface area contributed by atoms with Crippen LogP contribution in [0.2, 0.25) is 5.02 Å². The number of aliphatic imine (C=N–C) groups is 1. The molecule has 0 aliphatic carbocycles. The third-order valence-electron chi connectivity index (χ3n) is 3.52. The van der Waals surface area contributed by atoms with Crippen LogP contribution in [0.1, 0.15) is 26.3 Å². The van der Waals surface area contributed by atoms with Crippen LogP contribution in [0.4, 0.5) is 0 Å². The van der Waals surface area contributed by atoms with Gasteiger partial charge in [-0.3, -0.25) is 9.79 Å². The molecule has 1 aromatic rings. The SMILES string of the molecule is CCNC(=O)C(C)(C)CNC(=NC)N(C)Cc1cccc(Cl)c1. The van der Waals surface area contributed by atoms with E-state index in [0.29, 0.717) is 19.6 Å². The van der Waals surface area contributed by atoms with Gasteiger partial charge in [0.25, 0.3) is 0 Å². The lowest BCUT2D eigenvalue weighted by atomic mass is 9.92. The van der Waals surface area contributed by atoms with Gasteiger partial charge in [-0.2, -0.15) is 0 Å². The third-order valence-corrected chi connectivity index (χ3v) is 3.76. The van der Waals surface area contributed by atoms with E-state index < -0.39 is 5.41 Å². The third kappa shape index (κ3) is 6.10. The van der Waals surface area contributed by atoms with Crippen LogP contribution >= 0.6 is 11.6 Å². The summed E-state index contributed by atoms with van der Waals surface area (Å²) in [4.78, 5) is 18.3. The lowest BCUT2D eigenvalue weighted by Crippen LogP contribution is -2.48. The predicted octanol–water partition coefficient (Wildman–Crippen LogP) is 2.51. The highest BCUT2D eigenvalue weighted by Crippen LogP contribution is 2.14. The fourth-order valence-corrected chi connectivity index (χ4v) is 2.36. The normalized spacial score (nSPS) is 12.0. The minimum absolute atomic E-state index is 0.0282. The van der Waals surface area contributed by atoms with Crippen molar-refractivity contribution in [1.82, 2.24) is 15.5 Å². The Morgan fingerprint density at radius 1 is 1.35 bits per heavy atom. The molecule has 0 aliphatic heterocycles. The molecule has 0 unspecified atom stereocenters. The van der Waals surface area contributed by atoms with E-state index >= 15 is 0 Å². The summed E-state index contributed by atoms with van der Waals surface area (Å²) in [6, 6.07) is 7.74. The van der Waals surface area contributed by atoms with Gasteiger partial charge in [0.15, 0.2) is 5.96 Å². The Morgan fingerprint density at radius 2 is 2.04 bits per heavy atom. The number of hydrogen-bond acceptors (Lipinski definition) is 2. The van der Waals surface area contributed by atoms with Crippen LogP contribution in [0, 0.1) is 5.41 Å². The first-order chi connectivity index (χ1) is 10.8. The molecule has 128 valence electrons. The second kappa shape index (κ2) is 8.77. The van der Waals surface area contributed by atoms with Crippen molar-refractivity contribution >= 4 is 23.5 Å². The molecule has 2 N–H and O–H groups in total. The van der Waals surface area contributed by atoms with Gasteiger partial charge in [0.05, 0.1) is 5.41 Å². The van der Waals surface area contributed by atoms with Crippen molar-refractivity contribution in [2.24, 2.45) is 10.4 Å². The summed E-state index contributed by atoms with van der Waals surface area (Å²) in [5.74, 6) is 0.766. The van der Waals surface area contributed by atoms with Crippen LogP contribution in [-0.4, -0.2) is 44.0 Å². The van der Waals surface area contributed by atoms with Crippen molar-refractivity contribution in [3.63, 3.8) is 0 Å². The Kier molecular flexibility index (Phi) is 7.36. The second-order valence-electron chi connectivity index (χ2n) is 6.13. The largest absolute Gasteiger partial charge is 0.356 e. The van der Waals surface area contributed by atoms with Gasteiger partial charge in [-0.15, -0.1) is 0 Å². The minimum atomic E-state index is -0.511. The summed E-state index contributed by atoms with van der Waals surface area (Å²) in [5, 5.41) is 6.84. The van der Waals surface area contributed by atoms with E-state index in [1.165, 1.54) is 0 Å². The van der Waals surface area contributed by atoms with Crippen LogP contribution in [0.15, 0.2) is 29.3 Å². The van der Waals surface area contributed by atoms with Crippen molar-refractivity contribution in [1.29, 1.82) is 0 Å². The van der Waals surface area contributed by atoms with Gasteiger partial charge >= 0.3 is 0 Å². The summed E-state index contributed by atoms with van der Waals surface area (Å²) >= 11 is 6.02. The molecule has 0 saturated carbocycles. The van der Waals surface area contributed by atoms with Crippen molar-refractivity contribution in [3.05, 3.63) is 34.9 Å². The lowest BCUT2D eigenvalue weighted by Gasteiger charge is -2.28. The zero-order valence-corrected chi connectivity index (χ0v) is 15.4. The molecule has 0 aliphatic rings. The molecule has 0 atom stereocenters. The van der Waals surface area contributed by atoms with Crippen molar-refractivity contribution in [3.8, 4) is 0 Å². The second-order valence-corrected chi connectivity index (χ2v) is 6.57. The van der Waals surface area contributed by atoms with Crippen LogP contribution in [0.5, 0.6) is 0 Å². The van der Waals surface area contributed by atoms with Crippen molar-refractivity contribution < 1.29 is 4.79 Å². The molecular weight excluding hydrogens is 312 g/mol. The van der Waals surface area contributed by atoms with E-state index in [1.807, 2.05) is 57.0 Å². The summed E-state index contributed by atoms with van der Waals surface area (Å²) in [7, 11) is 3.69. The average Bonchev–Trinajstić information content (AvgIpc) is 2.48. The summed E-state index contributed by atoms with van der Waals surface area (Å²) < 4.78 is 0. The number of nitrogens with zero attached hydrogens (tertiary/aromatic N) is 2. The molecule has 0 spiro atoms. The molecule has 0 bridgehead atoms. The number of guanidine groups is 1. The highest BCUT2D eigenvalue weighted by Gasteiger charge is 2.27. The smallest absolute Gasteiger partial charge is 0.227 e. The quantitative estimate of drug-likeness (QED) is 0.619. The van der Waals surface area contributed by atoms with Gasteiger partial charge in [-0.25, -0.2) is 0 Å². The van der Waals surface area contributed by atoms with Crippen LogP contribution in [0.3, 0.4) is 0 Å². The fraction of sp³-hybridized carbons (Fsp3) is 0.529. The van der Waals surface area contributed by atoms with E-state index in [-0.39, 0.29) is 5.91 Å². The number of hydrogen-bond donors (Lipinski definition) is 2. The van der Waals surface area contributed by atoms with E-state index in [2.05, 4.69) is 15.6 Å². The Balaban J connectivity index is 2.64. The van der Waals surface area contributed by atoms with Crippen LogP contribution in [0.25, 0.3) is 0 Å². The number of carbonyl (C=O) groups excluding carboxylic acids is 1. The van der Waals surface area contributed by atoms with Gasteiger partial charge in [-0.05, 0) is 38.5 Å². The van der Waals surface area contributed by atoms with Gasteiger partial charge < -0.3 is 15.5 Å². The Bertz CT molecular complexity index is 557. The fourth-order valence-electron chi connectivity index (χ4n) is 2.15. The molecule has 0 aromatic heterocycles. The summed E-state index contributed by atoms with van der Waals surface area (Å²) in [6.45, 7) is 7.56. The molecule has 0 saturated heterocycles. The maximum absolute atomic E-state index is 12.0. The Hall–Kier alpha value is -1.75. The zero-order valence-electron chi connectivity index (χ0n) is 14.6. The predicted molar refractivity (Wildman–Crippen MR) is 96.7 cm³/mol. The first-order valence-corrected chi connectivity index (χ1v) is 8.12. The van der Waals surface area contributed by atoms with Gasteiger partial charge in [0, 0.05) is 38.8 Å². The van der Waals surface area contributed by atoms with Gasteiger partial charge in [0.2, 0.25) is 5.91 Å². The number of amides is 1. The Morgan fingerprint density at radius 3 is 2.61 bits per heavy atom. The minimum Gasteiger partial charge on any atom is -0.356 e. The number of benzene rings is 1. The topological polar surface area (TPSA) is 56.7 Å². The van der Waals surface area contributed by atoms with Crippen molar-refractivity contribution in [2.75, 3.05) is 27.2 Å². The zero-order chi connectivity index (χ0) is 17.5. The number of nitrogens with one attached hydrogen (secondary N) is 2. The molecule has 5 nitrogen and oxygen atoms in total. The number of rotatable bonds is 6. The molecule has 0 radical (unpaired) electrons. The van der Waals surface area contributed by atoms with E-state index in [4.69, 9.17) is 11.6 Å². The lowest BCUT2D eigenvalue weighted by molar-refractivity contribution is -0.128. The number of carbonyl (C=O) groups is 1. The van der Waals surface area contributed by atoms with Crippen LogP contribution < -0.4 is 10.6 Å². The molecular formula is C17H27ClN4O. The molecule has 0 heterocycles. The van der Waals surface area contributed by atoms with Gasteiger partial charge in [-0.1, -0.05) is 23.7 Å². The molecule has 1 amide bonds. The first-order valence-electron chi connectivity index (χ1n) is 7.74. The van der Waals surface area contributed by atoms with E-state index in [1.54, 1.807) is 7.05 Å². The highest BCUT2D eigenvalue weighted by atomic mass is 35.5. The molecule has 1 aromatic carbocycles. The van der Waals surface area contributed by atoms with Crippen LogP contribution in [-0.2, 0) is 11.3 Å². The first kappa shape index (κ1) is 19.3. The molecule has 1 rings (SSSR count). The maximum Gasteiger partial charge on any atom is 0.227 e. The van der Waals surface area contributed by atoms with E-state index in [0.717, 1.165) is 16.5 Å². The average molecular weight is 339 g/mol. The number of halogens is 1. The molecule has 0 fully saturated rings. The Labute approximate surface area is 144 Å². The summed E-state index contributed by atoms with van der Waals surface area (Å²) in [5.41, 5.74) is 0.592. The monoisotopic (exact) mass is 338 g/mol. The van der Waals surface area contributed by atoms with Crippen molar-refractivity contribution in [2.45, 2.75) is 27.3 Å².